The molecule has 3 rings (SSSR count). The lowest BCUT2D eigenvalue weighted by atomic mass is 9.64. The van der Waals surface area contributed by atoms with Crippen LogP contribution >= 0.6 is 0 Å². The Labute approximate surface area is 114 Å². The van der Waals surface area contributed by atoms with Crippen molar-refractivity contribution in [2.75, 3.05) is 5.32 Å². The van der Waals surface area contributed by atoms with Crippen LogP contribution in [0.1, 0.15) is 50.8 Å². The van der Waals surface area contributed by atoms with Crippen LogP contribution in [0.15, 0.2) is 6.33 Å². The number of nitrogens with zero attached hydrogens (tertiary/aromatic N) is 2. The molecule has 0 spiro atoms. The number of aliphatic hydroxyl groups excluding tert-OH is 1. The van der Waals surface area contributed by atoms with E-state index in [0.29, 0.717) is 6.04 Å². The number of hydrogen-bond acceptors (Lipinski definition) is 4. The van der Waals surface area contributed by atoms with Crippen molar-refractivity contribution in [2.45, 2.75) is 64.5 Å². The lowest BCUT2D eigenvalue weighted by Crippen LogP contribution is -2.57. The topological polar surface area (TPSA) is 58.0 Å². The quantitative estimate of drug-likeness (QED) is 0.802. The molecule has 1 saturated carbocycles. The maximum atomic E-state index is 9.83. The summed E-state index contributed by atoms with van der Waals surface area (Å²) in [7, 11) is 0. The van der Waals surface area contributed by atoms with Crippen LogP contribution in [-0.2, 0) is 12.8 Å². The minimum atomic E-state index is -0.203. The molecule has 0 amide bonds. The van der Waals surface area contributed by atoms with Crippen molar-refractivity contribution < 1.29 is 5.11 Å². The van der Waals surface area contributed by atoms with Gasteiger partial charge in [-0.2, -0.15) is 0 Å². The fourth-order valence-electron chi connectivity index (χ4n) is 3.13. The van der Waals surface area contributed by atoms with Gasteiger partial charge in [0.05, 0.1) is 6.10 Å². The Morgan fingerprint density at radius 3 is 2.74 bits per heavy atom. The summed E-state index contributed by atoms with van der Waals surface area (Å²) in [5.74, 6) is 0.997. The zero-order chi connectivity index (χ0) is 13.5. The summed E-state index contributed by atoms with van der Waals surface area (Å²) >= 11 is 0. The number of aliphatic hydroxyl groups is 1. The molecule has 104 valence electrons. The highest BCUT2D eigenvalue weighted by molar-refractivity contribution is 5.48. The van der Waals surface area contributed by atoms with Gasteiger partial charge in [0.15, 0.2) is 0 Å². The number of hydrogen-bond donors (Lipinski definition) is 2. The molecule has 4 heteroatoms. The summed E-state index contributed by atoms with van der Waals surface area (Å²) in [4.78, 5) is 8.88. The number of rotatable bonds is 2. The van der Waals surface area contributed by atoms with Crippen LogP contribution in [-0.4, -0.2) is 27.2 Å². The summed E-state index contributed by atoms with van der Waals surface area (Å²) in [6.07, 6.45) is 8.18. The van der Waals surface area contributed by atoms with Crippen LogP contribution in [0.4, 0.5) is 5.82 Å². The van der Waals surface area contributed by atoms with Crippen LogP contribution in [0, 0.1) is 5.41 Å². The molecule has 2 unspecified atom stereocenters. The lowest BCUT2D eigenvalue weighted by Gasteiger charge is -2.49. The van der Waals surface area contributed by atoms with Gasteiger partial charge in [-0.1, -0.05) is 20.3 Å². The Kier molecular flexibility index (Phi) is 3.21. The third-order valence-electron chi connectivity index (χ3n) is 4.90. The van der Waals surface area contributed by atoms with Gasteiger partial charge in [0.1, 0.15) is 12.1 Å². The highest BCUT2D eigenvalue weighted by Gasteiger charge is 2.47. The van der Waals surface area contributed by atoms with E-state index in [2.05, 4.69) is 29.1 Å². The summed E-state index contributed by atoms with van der Waals surface area (Å²) in [6.45, 7) is 4.22. The van der Waals surface area contributed by atoms with Gasteiger partial charge in [0.2, 0.25) is 0 Å². The predicted octanol–water partition coefficient (Wildman–Crippen LogP) is 2.32. The maximum Gasteiger partial charge on any atom is 0.133 e. The molecule has 2 atom stereocenters. The van der Waals surface area contributed by atoms with Crippen molar-refractivity contribution in [3.05, 3.63) is 17.6 Å². The van der Waals surface area contributed by atoms with Gasteiger partial charge in [0.25, 0.3) is 0 Å². The standard InChI is InChI=1S/C15H23N3O/c1-15(2)12(8-13(15)19)18-14-10-6-4-3-5-7-11(10)16-9-17-14/h9,12-13,19H,3-8H2,1-2H3,(H,16,17,18). The first-order valence-electron chi connectivity index (χ1n) is 7.36. The molecule has 1 aromatic rings. The molecular weight excluding hydrogens is 238 g/mol. The molecule has 2 N–H and O–H groups in total. The molecule has 0 radical (unpaired) electrons. The number of aryl methyl sites for hydroxylation is 1. The van der Waals surface area contributed by atoms with E-state index in [-0.39, 0.29) is 11.5 Å². The second kappa shape index (κ2) is 4.75. The molecule has 2 aliphatic rings. The van der Waals surface area contributed by atoms with E-state index in [1.165, 1.54) is 30.5 Å². The second-order valence-electron chi connectivity index (χ2n) is 6.48. The minimum Gasteiger partial charge on any atom is -0.392 e. The first kappa shape index (κ1) is 12.9. The Morgan fingerprint density at radius 1 is 1.21 bits per heavy atom. The molecule has 1 heterocycles. The van der Waals surface area contributed by atoms with E-state index >= 15 is 0 Å². The number of aromatic nitrogens is 2. The van der Waals surface area contributed by atoms with Crippen molar-refractivity contribution >= 4 is 5.82 Å². The summed E-state index contributed by atoms with van der Waals surface area (Å²) < 4.78 is 0. The molecule has 0 saturated heterocycles. The average molecular weight is 261 g/mol. The Hall–Kier alpha value is -1.16. The van der Waals surface area contributed by atoms with E-state index in [4.69, 9.17) is 0 Å². The monoisotopic (exact) mass is 261 g/mol. The smallest absolute Gasteiger partial charge is 0.133 e. The van der Waals surface area contributed by atoms with Crippen LogP contribution in [0.2, 0.25) is 0 Å². The number of anilines is 1. The molecule has 1 fully saturated rings. The molecule has 0 aliphatic heterocycles. The molecule has 4 nitrogen and oxygen atoms in total. The third kappa shape index (κ3) is 2.22. The molecule has 1 aromatic heterocycles. The van der Waals surface area contributed by atoms with Crippen molar-refractivity contribution in [1.82, 2.24) is 9.97 Å². The van der Waals surface area contributed by atoms with Gasteiger partial charge in [-0.15, -0.1) is 0 Å². The predicted molar refractivity (Wildman–Crippen MR) is 75.1 cm³/mol. The fourth-order valence-corrected chi connectivity index (χ4v) is 3.13. The SMILES string of the molecule is CC1(C)C(O)CC1Nc1ncnc2c1CCCCC2. The van der Waals surface area contributed by atoms with Crippen LogP contribution in [0.25, 0.3) is 0 Å². The van der Waals surface area contributed by atoms with Crippen molar-refractivity contribution in [2.24, 2.45) is 5.41 Å². The largest absolute Gasteiger partial charge is 0.392 e. The number of fused-ring (bicyclic) bond motifs is 1. The van der Waals surface area contributed by atoms with Gasteiger partial charge >= 0.3 is 0 Å². The Morgan fingerprint density at radius 2 is 2.00 bits per heavy atom. The molecule has 2 aliphatic carbocycles. The third-order valence-corrected chi connectivity index (χ3v) is 4.90. The van der Waals surface area contributed by atoms with Gasteiger partial charge in [-0.3, -0.25) is 0 Å². The Bertz CT molecular complexity index is 472. The van der Waals surface area contributed by atoms with Gasteiger partial charge in [0, 0.05) is 22.7 Å². The van der Waals surface area contributed by atoms with Crippen molar-refractivity contribution in [3.63, 3.8) is 0 Å². The van der Waals surface area contributed by atoms with Crippen molar-refractivity contribution in [1.29, 1.82) is 0 Å². The van der Waals surface area contributed by atoms with Gasteiger partial charge in [-0.05, 0) is 32.1 Å². The fraction of sp³-hybridized carbons (Fsp3) is 0.733. The highest BCUT2D eigenvalue weighted by Crippen LogP contribution is 2.42. The van der Waals surface area contributed by atoms with Crippen LogP contribution < -0.4 is 5.32 Å². The lowest BCUT2D eigenvalue weighted by molar-refractivity contribution is -0.0511. The normalized spacial score (nSPS) is 29.0. The van der Waals surface area contributed by atoms with E-state index in [0.717, 1.165) is 25.1 Å². The van der Waals surface area contributed by atoms with Crippen LogP contribution in [0.3, 0.4) is 0 Å². The van der Waals surface area contributed by atoms with Gasteiger partial charge < -0.3 is 10.4 Å². The zero-order valence-corrected chi connectivity index (χ0v) is 11.8. The molecule has 19 heavy (non-hydrogen) atoms. The first-order chi connectivity index (χ1) is 9.09. The maximum absolute atomic E-state index is 9.83. The summed E-state index contributed by atoms with van der Waals surface area (Å²) in [6, 6.07) is 0.310. The van der Waals surface area contributed by atoms with E-state index in [1.807, 2.05) is 0 Å². The first-order valence-corrected chi connectivity index (χ1v) is 7.36. The van der Waals surface area contributed by atoms with Gasteiger partial charge in [-0.25, -0.2) is 9.97 Å². The minimum absolute atomic E-state index is 0.0669. The molecule has 0 bridgehead atoms. The van der Waals surface area contributed by atoms with E-state index in [9.17, 15) is 5.11 Å². The van der Waals surface area contributed by atoms with Crippen molar-refractivity contribution in [3.8, 4) is 0 Å². The zero-order valence-electron chi connectivity index (χ0n) is 11.8. The molecular formula is C15H23N3O. The molecule has 0 aromatic carbocycles. The highest BCUT2D eigenvalue weighted by atomic mass is 16.3. The summed E-state index contributed by atoms with van der Waals surface area (Å²) in [5.41, 5.74) is 2.45. The number of nitrogens with one attached hydrogen (secondary N) is 1. The van der Waals surface area contributed by atoms with E-state index < -0.39 is 0 Å². The average Bonchev–Trinajstić information content (AvgIpc) is 2.64. The van der Waals surface area contributed by atoms with Crippen LogP contribution in [0.5, 0.6) is 0 Å². The Balaban J connectivity index is 1.82. The second-order valence-corrected chi connectivity index (χ2v) is 6.48. The summed E-state index contributed by atoms with van der Waals surface area (Å²) in [5, 5.41) is 13.4. The van der Waals surface area contributed by atoms with E-state index in [1.54, 1.807) is 6.33 Å².